The molecule has 1 N–H and O–H groups in total. The van der Waals surface area contributed by atoms with Crippen LogP contribution in [0.1, 0.15) is 30.4 Å². The fourth-order valence-corrected chi connectivity index (χ4v) is 3.75. The van der Waals surface area contributed by atoms with Gasteiger partial charge < -0.3 is 5.11 Å². The van der Waals surface area contributed by atoms with E-state index in [9.17, 15) is 5.11 Å². The smallest absolute Gasteiger partial charge is 0.0583 e. The maximum absolute atomic E-state index is 10.2. The second-order valence-corrected chi connectivity index (χ2v) is 6.30. The minimum atomic E-state index is -0.163. The molecule has 2 heteroatoms. The summed E-state index contributed by atoms with van der Waals surface area (Å²) in [6.07, 6.45) is 4.21. The first kappa shape index (κ1) is 13.0. The average Bonchev–Trinajstić information content (AvgIpc) is 2.33. The van der Waals surface area contributed by atoms with Crippen LogP contribution in [0.25, 0.3) is 0 Å². The first-order valence-corrected chi connectivity index (χ1v) is 7.71. The van der Waals surface area contributed by atoms with Gasteiger partial charge in [-0.05, 0) is 61.2 Å². The molecule has 0 aromatic heterocycles. The summed E-state index contributed by atoms with van der Waals surface area (Å²) in [5.74, 6) is 3.30. The molecule has 94 valence electrons. The molecule has 17 heavy (non-hydrogen) atoms. The van der Waals surface area contributed by atoms with E-state index in [1.807, 2.05) is 0 Å². The summed E-state index contributed by atoms with van der Waals surface area (Å²) < 4.78 is 0. The van der Waals surface area contributed by atoms with Gasteiger partial charge in [-0.2, -0.15) is 11.8 Å². The lowest BCUT2D eigenvalue weighted by molar-refractivity contribution is 0.139. The van der Waals surface area contributed by atoms with E-state index in [0.717, 1.165) is 18.8 Å². The van der Waals surface area contributed by atoms with E-state index in [2.05, 4.69) is 43.0 Å². The molecule has 1 unspecified atom stereocenters. The van der Waals surface area contributed by atoms with Crippen LogP contribution in [0.3, 0.4) is 0 Å². The number of hydrogen-bond acceptors (Lipinski definition) is 2. The quantitative estimate of drug-likeness (QED) is 0.883. The van der Waals surface area contributed by atoms with Crippen LogP contribution in [0.2, 0.25) is 0 Å². The Balaban J connectivity index is 1.84. The molecule has 1 fully saturated rings. The van der Waals surface area contributed by atoms with Crippen molar-refractivity contribution in [2.24, 2.45) is 5.92 Å². The molecule has 1 saturated heterocycles. The van der Waals surface area contributed by atoms with Crippen LogP contribution >= 0.6 is 11.8 Å². The number of thioether (sulfide) groups is 1. The molecule has 0 bridgehead atoms. The van der Waals surface area contributed by atoms with Gasteiger partial charge >= 0.3 is 0 Å². The number of hydrogen-bond donors (Lipinski definition) is 1. The highest BCUT2D eigenvalue weighted by atomic mass is 32.2. The summed E-state index contributed by atoms with van der Waals surface area (Å²) >= 11 is 2.05. The minimum absolute atomic E-state index is 0.163. The molecule has 1 aliphatic heterocycles. The predicted octanol–water partition coefficient (Wildman–Crippen LogP) is 3.43. The van der Waals surface area contributed by atoms with Crippen molar-refractivity contribution in [3.63, 3.8) is 0 Å². The third-order valence-electron chi connectivity index (χ3n) is 3.66. The van der Waals surface area contributed by atoms with Gasteiger partial charge in [0.25, 0.3) is 0 Å². The zero-order chi connectivity index (χ0) is 12.1. The zero-order valence-electron chi connectivity index (χ0n) is 10.6. The number of aliphatic hydroxyl groups is 1. The molecule has 1 aromatic rings. The average molecular weight is 250 g/mol. The van der Waals surface area contributed by atoms with Gasteiger partial charge in [0.15, 0.2) is 0 Å². The Bertz CT molecular complexity index is 345. The lowest BCUT2D eigenvalue weighted by atomic mass is 9.92. The van der Waals surface area contributed by atoms with Crippen LogP contribution in [0.4, 0.5) is 0 Å². The predicted molar refractivity (Wildman–Crippen MR) is 75.6 cm³/mol. The van der Waals surface area contributed by atoms with Gasteiger partial charge in [-0.25, -0.2) is 0 Å². The lowest BCUT2D eigenvalue weighted by Gasteiger charge is -2.24. The Morgan fingerprint density at radius 2 is 2.00 bits per heavy atom. The van der Waals surface area contributed by atoms with Crippen molar-refractivity contribution >= 4 is 11.8 Å². The highest BCUT2D eigenvalue weighted by Crippen LogP contribution is 2.27. The number of rotatable bonds is 4. The fourth-order valence-electron chi connectivity index (χ4n) is 2.54. The van der Waals surface area contributed by atoms with Crippen LogP contribution < -0.4 is 0 Å². The molecule has 1 aromatic carbocycles. The molecule has 1 atom stereocenters. The highest BCUT2D eigenvalue weighted by Gasteiger charge is 2.18. The van der Waals surface area contributed by atoms with E-state index in [1.54, 1.807) is 0 Å². The van der Waals surface area contributed by atoms with Crippen molar-refractivity contribution in [2.75, 3.05) is 11.5 Å². The minimum Gasteiger partial charge on any atom is -0.393 e. The van der Waals surface area contributed by atoms with E-state index in [0.29, 0.717) is 0 Å². The Labute approximate surface area is 109 Å². The normalized spacial score (nSPS) is 19.2. The van der Waals surface area contributed by atoms with Gasteiger partial charge in [-0.3, -0.25) is 0 Å². The fraction of sp³-hybridized carbons (Fsp3) is 0.600. The van der Waals surface area contributed by atoms with Crippen molar-refractivity contribution in [1.29, 1.82) is 0 Å². The standard InChI is InChI=1S/C15H22OS/c1-12-4-2-3-5-14(12)11-15(16)10-13-6-8-17-9-7-13/h2-5,13,15-16H,6-11H2,1H3. The first-order valence-electron chi connectivity index (χ1n) is 6.56. The molecule has 0 radical (unpaired) electrons. The Morgan fingerprint density at radius 1 is 1.29 bits per heavy atom. The van der Waals surface area contributed by atoms with Gasteiger partial charge in [-0.1, -0.05) is 24.3 Å². The first-order chi connectivity index (χ1) is 8.25. The zero-order valence-corrected chi connectivity index (χ0v) is 11.4. The van der Waals surface area contributed by atoms with E-state index in [1.165, 1.54) is 35.5 Å². The summed E-state index contributed by atoms with van der Waals surface area (Å²) in [5, 5.41) is 10.2. The van der Waals surface area contributed by atoms with Crippen LogP contribution in [0.5, 0.6) is 0 Å². The van der Waals surface area contributed by atoms with Crippen molar-refractivity contribution in [3.05, 3.63) is 35.4 Å². The second-order valence-electron chi connectivity index (χ2n) is 5.08. The van der Waals surface area contributed by atoms with Gasteiger partial charge in [0.1, 0.15) is 0 Å². The summed E-state index contributed by atoms with van der Waals surface area (Å²) in [6.45, 7) is 2.12. The van der Waals surface area contributed by atoms with Crippen molar-refractivity contribution in [3.8, 4) is 0 Å². The molecule has 2 rings (SSSR count). The topological polar surface area (TPSA) is 20.2 Å². The molecule has 1 nitrogen and oxygen atoms in total. The molecular weight excluding hydrogens is 228 g/mol. The van der Waals surface area contributed by atoms with Crippen LogP contribution in [0, 0.1) is 12.8 Å². The van der Waals surface area contributed by atoms with Crippen LogP contribution in [-0.4, -0.2) is 22.7 Å². The second kappa shape index (κ2) is 6.46. The number of aryl methyl sites for hydroxylation is 1. The van der Waals surface area contributed by atoms with E-state index < -0.39 is 0 Å². The number of aliphatic hydroxyl groups excluding tert-OH is 1. The van der Waals surface area contributed by atoms with Gasteiger partial charge in [0.05, 0.1) is 6.10 Å². The van der Waals surface area contributed by atoms with Crippen LogP contribution in [-0.2, 0) is 6.42 Å². The maximum atomic E-state index is 10.2. The molecule has 0 spiro atoms. The third-order valence-corrected chi connectivity index (χ3v) is 4.71. The SMILES string of the molecule is Cc1ccccc1CC(O)CC1CCSCC1. The van der Waals surface area contributed by atoms with Gasteiger partial charge in [0, 0.05) is 0 Å². The highest BCUT2D eigenvalue weighted by molar-refractivity contribution is 7.99. The van der Waals surface area contributed by atoms with Crippen molar-refractivity contribution < 1.29 is 5.11 Å². The molecular formula is C15H22OS. The van der Waals surface area contributed by atoms with Gasteiger partial charge in [-0.15, -0.1) is 0 Å². The van der Waals surface area contributed by atoms with Crippen molar-refractivity contribution in [1.82, 2.24) is 0 Å². The molecule has 0 aliphatic carbocycles. The monoisotopic (exact) mass is 250 g/mol. The Hall–Kier alpha value is -0.470. The summed E-state index contributed by atoms with van der Waals surface area (Å²) in [5.41, 5.74) is 2.59. The Morgan fingerprint density at radius 3 is 2.71 bits per heavy atom. The number of benzene rings is 1. The maximum Gasteiger partial charge on any atom is 0.0583 e. The molecule has 0 saturated carbocycles. The van der Waals surface area contributed by atoms with Crippen LogP contribution in [0.15, 0.2) is 24.3 Å². The lowest BCUT2D eigenvalue weighted by Crippen LogP contribution is -2.19. The summed E-state index contributed by atoms with van der Waals surface area (Å²) in [6, 6.07) is 8.38. The van der Waals surface area contributed by atoms with E-state index in [4.69, 9.17) is 0 Å². The Kier molecular flexibility index (Phi) is 4.93. The largest absolute Gasteiger partial charge is 0.393 e. The van der Waals surface area contributed by atoms with E-state index in [-0.39, 0.29) is 6.10 Å². The molecule has 0 amide bonds. The summed E-state index contributed by atoms with van der Waals surface area (Å²) in [7, 11) is 0. The van der Waals surface area contributed by atoms with Gasteiger partial charge in [0.2, 0.25) is 0 Å². The molecule has 1 aliphatic rings. The molecule has 1 heterocycles. The van der Waals surface area contributed by atoms with Crippen molar-refractivity contribution in [2.45, 2.75) is 38.7 Å². The van der Waals surface area contributed by atoms with E-state index >= 15 is 0 Å². The summed E-state index contributed by atoms with van der Waals surface area (Å²) in [4.78, 5) is 0. The third kappa shape index (κ3) is 4.04.